The molecule has 9 rings (SSSR count). The molecule has 4 aromatic carbocycles. The molecule has 1 aliphatic heterocycles. The number of hydrogen-bond donors (Lipinski definition) is 1. The summed E-state index contributed by atoms with van der Waals surface area (Å²) in [5.41, 5.74) is 0.259. The van der Waals surface area contributed by atoms with E-state index in [2.05, 4.69) is 5.32 Å². The summed E-state index contributed by atoms with van der Waals surface area (Å²) in [7, 11) is 0. The number of benzene rings is 4. The highest BCUT2D eigenvalue weighted by Crippen LogP contribution is 2.55. The van der Waals surface area contributed by atoms with Gasteiger partial charge in [-0.1, -0.05) is 72.8 Å². The largest absolute Gasteiger partial charge is 0.459 e. The minimum atomic E-state index is -1.72. The molecule has 4 aliphatic carbocycles. The van der Waals surface area contributed by atoms with Crippen molar-refractivity contribution in [3.05, 3.63) is 144 Å². The third kappa shape index (κ3) is 8.71. The molecule has 5 aliphatic rings. The summed E-state index contributed by atoms with van der Waals surface area (Å²) < 4.78 is 36.3. The summed E-state index contributed by atoms with van der Waals surface area (Å²) in [5, 5.41) is 3.15. The number of ether oxygens (including phenoxy) is 6. The van der Waals surface area contributed by atoms with Crippen LogP contribution >= 0.6 is 0 Å². The highest BCUT2D eigenvalue weighted by atomic mass is 16.8. The Hall–Kier alpha value is -6.01. The number of amides is 1. The Balaban J connectivity index is 1.15. The fraction of sp³-hybridized carbons (Fsp3) is 0.356. The van der Waals surface area contributed by atoms with Gasteiger partial charge in [0.25, 0.3) is 0 Å². The Morgan fingerprint density at radius 2 is 0.895 bits per heavy atom. The van der Waals surface area contributed by atoms with E-state index in [0.29, 0.717) is 17.8 Å². The van der Waals surface area contributed by atoms with Crippen LogP contribution < -0.4 is 5.32 Å². The summed E-state index contributed by atoms with van der Waals surface area (Å²) in [6.45, 7) is -0.532. The second kappa shape index (κ2) is 16.6. The van der Waals surface area contributed by atoms with E-state index >= 15 is 0 Å². The van der Waals surface area contributed by atoms with Crippen molar-refractivity contribution >= 4 is 30.0 Å². The number of hydrogen-bond acceptors (Lipinski definition) is 11. The van der Waals surface area contributed by atoms with Crippen LogP contribution in [-0.2, 0) is 28.4 Å². The Morgan fingerprint density at radius 1 is 0.509 bits per heavy atom. The summed E-state index contributed by atoms with van der Waals surface area (Å²) in [6, 6.07) is 32.5. The van der Waals surface area contributed by atoms with Crippen molar-refractivity contribution in [3.8, 4) is 0 Å². The Kier molecular flexibility index (Phi) is 11.0. The van der Waals surface area contributed by atoms with Crippen LogP contribution in [0.25, 0.3) is 0 Å². The first-order chi connectivity index (χ1) is 27.7. The minimum Gasteiger partial charge on any atom is -0.459 e. The molecule has 1 heterocycles. The Bertz CT molecular complexity index is 2020. The molecular formula is C45H43NO11. The van der Waals surface area contributed by atoms with Gasteiger partial charge in [-0.3, -0.25) is 0 Å². The van der Waals surface area contributed by atoms with Gasteiger partial charge in [0.1, 0.15) is 12.7 Å². The lowest BCUT2D eigenvalue weighted by Crippen LogP contribution is -2.65. The lowest BCUT2D eigenvalue weighted by atomic mass is 9.53. The molecule has 5 atom stereocenters. The van der Waals surface area contributed by atoms with Gasteiger partial charge in [-0.2, -0.15) is 0 Å². The van der Waals surface area contributed by atoms with Crippen molar-refractivity contribution in [1.29, 1.82) is 0 Å². The van der Waals surface area contributed by atoms with Crippen LogP contribution in [0.3, 0.4) is 0 Å². The number of esters is 4. The SMILES string of the molecule is O=C(NC12CC3CC(CC(C3)C1)C2)O[C@H]1O[C@H](COC(=O)c2ccccc2)[C@@H](OC(=O)c2ccccc2)[C@H](OC(=O)c2ccccc2)[C@@H]1OC(=O)c1ccccc1. The van der Waals surface area contributed by atoms with Crippen LogP contribution in [0, 0.1) is 17.8 Å². The normalized spacial score (nSPS) is 28.4. The molecule has 1 N–H and O–H groups in total. The Morgan fingerprint density at radius 3 is 1.33 bits per heavy atom. The first-order valence-electron chi connectivity index (χ1n) is 19.4. The van der Waals surface area contributed by atoms with Gasteiger partial charge < -0.3 is 33.7 Å². The lowest BCUT2D eigenvalue weighted by molar-refractivity contribution is -0.283. The van der Waals surface area contributed by atoms with Crippen molar-refractivity contribution < 1.29 is 52.4 Å². The molecule has 1 amide bonds. The zero-order valence-electron chi connectivity index (χ0n) is 31.1. The minimum absolute atomic E-state index is 0.148. The van der Waals surface area contributed by atoms with Gasteiger partial charge in [0.2, 0.25) is 12.4 Å². The quantitative estimate of drug-likeness (QED) is 0.125. The average Bonchev–Trinajstić information content (AvgIpc) is 3.22. The number of nitrogens with one attached hydrogen (secondary N) is 1. The predicted octanol–water partition coefficient (Wildman–Crippen LogP) is 6.94. The van der Waals surface area contributed by atoms with E-state index in [9.17, 15) is 24.0 Å². The van der Waals surface area contributed by atoms with E-state index in [1.807, 2.05) is 0 Å². The molecule has 4 aromatic rings. The third-order valence-electron chi connectivity index (χ3n) is 11.4. The van der Waals surface area contributed by atoms with Crippen LogP contribution in [0.1, 0.15) is 80.0 Å². The highest BCUT2D eigenvalue weighted by molar-refractivity contribution is 5.91. The molecule has 12 nitrogen and oxygen atoms in total. The van der Waals surface area contributed by atoms with E-state index in [-0.39, 0.29) is 22.3 Å². The average molecular weight is 774 g/mol. The summed E-state index contributed by atoms with van der Waals surface area (Å²) in [6.07, 6.45) is -2.80. The lowest BCUT2D eigenvalue weighted by Gasteiger charge is -2.56. The Labute approximate surface area is 329 Å². The molecular weight excluding hydrogens is 730 g/mol. The molecule has 57 heavy (non-hydrogen) atoms. The maximum absolute atomic E-state index is 14.0. The molecule has 4 saturated carbocycles. The molecule has 0 spiro atoms. The zero-order chi connectivity index (χ0) is 39.4. The van der Waals surface area contributed by atoms with E-state index < -0.39 is 72.8 Å². The highest BCUT2D eigenvalue weighted by Gasteiger charge is 2.56. The maximum atomic E-state index is 14.0. The van der Waals surface area contributed by atoms with E-state index in [1.54, 1.807) is 84.9 Å². The van der Waals surface area contributed by atoms with Crippen molar-refractivity contribution in [3.63, 3.8) is 0 Å². The van der Waals surface area contributed by atoms with Gasteiger partial charge in [0.15, 0.2) is 12.2 Å². The molecule has 294 valence electrons. The third-order valence-corrected chi connectivity index (χ3v) is 11.4. The maximum Gasteiger partial charge on any atom is 0.410 e. The first-order valence-corrected chi connectivity index (χ1v) is 19.4. The van der Waals surface area contributed by atoms with Gasteiger partial charge in [0.05, 0.1) is 22.3 Å². The number of carbonyl (C=O) groups excluding carboxylic acids is 5. The van der Waals surface area contributed by atoms with Crippen LogP contribution in [0.15, 0.2) is 121 Å². The molecule has 0 radical (unpaired) electrons. The summed E-state index contributed by atoms with van der Waals surface area (Å²) in [4.78, 5) is 68.7. The van der Waals surface area contributed by atoms with Crippen molar-refractivity contribution in [1.82, 2.24) is 5.32 Å². The van der Waals surface area contributed by atoms with E-state index in [4.69, 9.17) is 28.4 Å². The number of rotatable bonds is 11. The molecule has 4 bridgehead atoms. The molecule has 1 saturated heterocycles. The van der Waals surface area contributed by atoms with Gasteiger partial charge >= 0.3 is 30.0 Å². The van der Waals surface area contributed by atoms with Crippen LogP contribution in [0.4, 0.5) is 4.79 Å². The van der Waals surface area contributed by atoms with Gasteiger partial charge in [-0.15, -0.1) is 0 Å². The van der Waals surface area contributed by atoms with Crippen molar-refractivity contribution in [2.45, 2.75) is 74.8 Å². The fourth-order valence-corrected chi connectivity index (χ4v) is 9.24. The monoisotopic (exact) mass is 773 g/mol. The second-order valence-electron chi connectivity index (χ2n) is 15.4. The molecule has 5 fully saturated rings. The second-order valence-corrected chi connectivity index (χ2v) is 15.4. The predicted molar refractivity (Wildman–Crippen MR) is 203 cm³/mol. The van der Waals surface area contributed by atoms with Crippen LogP contribution in [0.5, 0.6) is 0 Å². The van der Waals surface area contributed by atoms with E-state index in [1.165, 1.54) is 36.4 Å². The smallest absolute Gasteiger partial charge is 0.410 e. The van der Waals surface area contributed by atoms with Crippen LogP contribution in [-0.4, -0.2) is 72.8 Å². The van der Waals surface area contributed by atoms with Crippen molar-refractivity contribution in [2.24, 2.45) is 17.8 Å². The number of carbonyl (C=O) groups is 5. The van der Waals surface area contributed by atoms with E-state index in [0.717, 1.165) is 38.5 Å². The van der Waals surface area contributed by atoms with Gasteiger partial charge in [0, 0.05) is 5.54 Å². The van der Waals surface area contributed by atoms with Crippen molar-refractivity contribution in [2.75, 3.05) is 6.61 Å². The van der Waals surface area contributed by atoms with Gasteiger partial charge in [-0.25, -0.2) is 24.0 Å². The van der Waals surface area contributed by atoms with Crippen LogP contribution in [0.2, 0.25) is 0 Å². The topological polar surface area (TPSA) is 153 Å². The summed E-state index contributed by atoms with van der Waals surface area (Å²) >= 11 is 0. The van der Waals surface area contributed by atoms with Gasteiger partial charge in [-0.05, 0) is 105 Å². The standard InChI is InChI=1S/C45H43NO11/c47-39(31-13-5-1-6-14-31)52-27-35-36(54-40(48)32-15-7-2-8-16-32)37(55-41(49)33-17-9-3-10-18-33)38(56-42(50)34-19-11-4-12-20-34)43(53-35)57-44(51)46-45-24-28-21-29(25-45)23-30(22-28)26-45/h1-20,28-30,35-38,43H,21-27H2,(H,46,51)/t28?,29?,30?,35-,36-,37+,38+,43-,45?/m1/s1. The molecule has 0 unspecified atom stereocenters. The molecule has 0 aromatic heterocycles. The zero-order valence-corrected chi connectivity index (χ0v) is 31.1. The number of alkyl carbamates (subject to hydrolysis) is 1. The fourth-order valence-electron chi connectivity index (χ4n) is 9.24. The molecule has 12 heteroatoms. The first kappa shape index (κ1) is 37.9. The summed E-state index contributed by atoms with van der Waals surface area (Å²) in [5.74, 6) is -1.66.